The van der Waals surface area contributed by atoms with Crippen molar-refractivity contribution in [2.45, 2.75) is 6.42 Å². The van der Waals surface area contributed by atoms with Crippen LogP contribution in [0.3, 0.4) is 0 Å². The molecule has 2 rings (SSSR count). The van der Waals surface area contributed by atoms with Crippen LogP contribution in [0.25, 0.3) is 0 Å². The second-order valence-corrected chi connectivity index (χ2v) is 5.84. The number of carbonyl (C=O) groups excluding carboxylic acids is 1. The summed E-state index contributed by atoms with van der Waals surface area (Å²) in [7, 11) is 3.12. The number of carbonyl (C=O) groups is 1. The third-order valence-corrected chi connectivity index (χ3v) is 3.84. The Hall–Kier alpha value is -2.60. The fraction of sp³-hybridized carbons (Fsp3) is 0.316. The molecule has 0 aliphatic carbocycles. The molecule has 0 aromatic heterocycles. The molecule has 2 amide bonds. The molecule has 7 heteroatoms. The first-order valence-electron chi connectivity index (χ1n) is 8.24. The van der Waals surface area contributed by atoms with Crippen LogP contribution in [0.2, 0.25) is 5.02 Å². The maximum Gasteiger partial charge on any atom is 0.314 e. The van der Waals surface area contributed by atoms with Crippen molar-refractivity contribution >= 4 is 17.6 Å². The van der Waals surface area contributed by atoms with Gasteiger partial charge < -0.3 is 24.8 Å². The van der Waals surface area contributed by atoms with Crippen LogP contribution in [0, 0.1) is 0 Å². The third-order valence-electron chi connectivity index (χ3n) is 3.60. The van der Waals surface area contributed by atoms with Crippen LogP contribution in [0.1, 0.15) is 5.56 Å². The summed E-state index contributed by atoms with van der Waals surface area (Å²) in [6.07, 6.45) is 0.714. The lowest BCUT2D eigenvalue weighted by Crippen LogP contribution is -2.38. The number of hydrogen-bond donors (Lipinski definition) is 2. The van der Waals surface area contributed by atoms with Crippen molar-refractivity contribution in [2.24, 2.45) is 0 Å². The predicted octanol–water partition coefficient (Wildman–Crippen LogP) is 3.28. The van der Waals surface area contributed by atoms with Gasteiger partial charge in [0.2, 0.25) is 5.75 Å². The fourth-order valence-electron chi connectivity index (χ4n) is 2.37. The molecular weight excluding hydrogens is 356 g/mol. The molecule has 0 aliphatic rings. The number of nitrogens with one attached hydrogen (secondary N) is 2. The van der Waals surface area contributed by atoms with Gasteiger partial charge in [-0.1, -0.05) is 29.8 Å². The summed E-state index contributed by atoms with van der Waals surface area (Å²) in [6, 6.07) is 12.7. The molecule has 0 spiro atoms. The number of para-hydroxylation sites is 1. The van der Waals surface area contributed by atoms with Crippen LogP contribution in [0.15, 0.2) is 42.5 Å². The molecular formula is C19H23ClN2O4. The molecule has 0 aliphatic heterocycles. The maximum atomic E-state index is 11.8. The van der Waals surface area contributed by atoms with Gasteiger partial charge in [-0.2, -0.15) is 0 Å². The summed E-state index contributed by atoms with van der Waals surface area (Å²) in [6.45, 7) is 1.20. The zero-order valence-corrected chi connectivity index (χ0v) is 15.6. The van der Waals surface area contributed by atoms with E-state index in [1.54, 1.807) is 26.4 Å². The zero-order chi connectivity index (χ0) is 18.8. The van der Waals surface area contributed by atoms with Gasteiger partial charge in [0.1, 0.15) is 6.61 Å². The molecule has 2 N–H and O–H groups in total. The lowest BCUT2D eigenvalue weighted by atomic mass is 10.1. The van der Waals surface area contributed by atoms with Crippen molar-refractivity contribution < 1.29 is 19.0 Å². The summed E-state index contributed by atoms with van der Waals surface area (Å²) < 4.78 is 16.2. The average molecular weight is 379 g/mol. The van der Waals surface area contributed by atoms with Gasteiger partial charge in [0.15, 0.2) is 11.5 Å². The summed E-state index contributed by atoms with van der Waals surface area (Å²) in [4.78, 5) is 11.8. The van der Waals surface area contributed by atoms with E-state index in [1.807, 2.05) is 30.3 Å². The molecule has 0 heterocycles. The number of methoxy groups -OCH3 is 2. The summed E-state index contributed by atoms with van der Waals surface area (Å²) in [5, 5.41) is 6.23. The van der Waals surface area contributed by atoms with E-state index < -0.39 is 0 Å². The average Bonchev–Trinajstić information content (AvgIpc) is 2.65. The Morgan fingerprint density at radius 2 is 1.73 bits per heavy atom. The highest BCUT2D eigenvalue weighted by Gasteiger charge is 2.10. The predicted molar refractivity (Wildman–Crippen MR) is 102 cm³/mol. The second kappa shape index (κ2) is 10.4. The molecule has 0 radical (unpaired) electrons. The standard InChI is InChI=1S/C19H23ClN2O4/c1-24-16-7-4-8-17(18(16)25-2)26-12-11-22-19(23)21-10-9-14-5-3-6-15(20)13-14/h3-8,13H,9-12H2,1-2H3,(H2,21,22,23). The first kappa shape index (κ1) is 19.7. The van der Waals surface area contributed by atoms with Crippen molar-refractivity contribution in [3.63, 3.8) is 0 Å². The van der Waals surface area contributed by atoms with E-state index in [1.165, 1.54) is 0 Å². The van der Waals surface area contributed by atoms with Crippen molar-refractivity contribution in [1.82, 2.24) is 10.6 Å². The van der Waals surface area contributed by atoms with Gasteiger partial charge in [-0.3, -0.25) is 0 Å². The van der Waals surface area contributed by atoms with Crippen molar-refractivity contribution in [3.8, 4) is 17.2 Å². The molecule has 0 unspecified atom stereocenters. The molecule has 6 nitrogen and oxygen atoms in total. The van der Waals surface area contributed by atoms with E-state index >= 15 is 0 Å². The van der Waals surface area contributed by atoms with Crippen molar-refractivity contribution in [2.75, 3.05) is 33.9 Å². The Bertz CT molecular complexity index is 724. The minimum absolute atomic E-state index is 0.242. The Morgan fingerprint density at radius 3 is 2.46 bits per heavy atom. The lowest BCUT2D eigenvalue weighted by Gasteiger charge is -2.14. The van der Waals surface area contributed by atoms with Gasteiger partial charge in [-0.15, -0.1) is 0 Å². The highest BCUT2D eigenvalue weighted by atomic mass is 35.5. The Kier molecular flexibility index (Phi) is 7.89. The Morgan fingerprint density at radius 1 is 1.00 bits per heavy atom. The number of halogens is 1. The zero-order valence-electron chi connectivity index (χ0n) is 14.9. The summed E-state index contributed by atoms with van der Waals surface area (Å²) in [5.41, 5.74) is 1.08. The molecule has 0 bridgehead atoms. The quantitative estimate of drug-likeness (QED) is 0.657. The van der Waals surface area contributed by atoms with Gasteiger partial charge in [0.05, 0.1) is 20.8 Å². The van der Waals surface area contributed by atoms with Gasteiger partial charge in [0.25, 0.3) is 0 Å². The molecule has 0 saturated heterocycles. The molecule has 2 aromatic carbocycles. The van der Waals surface area contributed by atoms with E-state index in [0.717, 1.165) is 5.56 Å². The minimum Gasteiger partial charge on any atom is -0.493 e. The van der Waals surface area contributed by atoms with Gasteiger partial charge in [-0.05, 0) is 36.2 Å². The first-order valence-corrected chi connectivity index (χ1v) is 8.61. The van der Waals surface area contributed by atoms with Crippen molar-refractivity contribution in [3.05, 3.63) is 53.1 Å². The van der Waals surface area contributed by atoms with Gasteiger partial charge >= 0.3 is 6.03 Å². The van der Waals surface area contributed by atoms with Crippen LogP contribution < -0.4 is 24.8 Å². The fourth-order valence-corrected chi connectivity index (χ4v) is 2.59. The summed E-state index contributed by atoms with van der Waals surface area (Å²) >= 11 is 5.93. The number of hydrogen-bond acceptors (Lipinski definition) is 4. The number of amides is 2. The maximum absolute atomic E-state index is 11.8. The molecule has 2 aromatic rings. The Labute approximate surface area is 158 Å². The number of ether oxygens (including phenoxy) is 3. The number of urea groups is 1. The number of rotatable bonds is 9. The molecule has 0 fully saturated rings. The normalized spacial score (nSPS) is 10.1. The van der Waals surface area contributed by atoms with E-state index in [9.17, 15) is 4.79 Å². The van der Waals surface area contributed by atoms with Crippen LogP contribution in [0.5, 0.6) is 17.2 Å². The minimum atomic E-state index is -0.242. The van der Waals surface area contributed by atoms with Crippen LogP contribution in [0.4, 0.5) is 4.79 Å². The second-order valence-electron chi connectivity index (χ2n) is 5.40. The van der Waals surface area contributed by atoms with E-state index in [4.69, 9.17) is 25.8 Å². The first-order chi connectivity index (χ1) is 12.6. The topological polar surface area (TPSA) is 68.8 Å². The lowest BCUT2D eigenvalue weighted by molar-refractivity contribution is 0.235. The largest absolute Gasteiger partial charge is 0.493 e. The van der Waals surface area contributed by atoms with E-state index in [0.29, 0.717) is 48.4 Å². The van der Waals surface area contributed by atoms with Crippen LogP contribution in [-0.4, -0.2) is 39.9 Å². The molecule has 140 valence electrons. The summed E-state index contributed by atoms with van der Waals surface area (Å²) in [5.74, 6) is 1.69. The number of benzene rings is 2. The SMILES string of the molecule is COc1cccc(OCCNC(=O)NCCc2cccc(Cl)c2)c1OC. The van der Waals surface area contributed by atoms with E-state index in [-0.39, 0.29) is 6.03 Å². The molecule has 0 saturated carbocycles. The smallest absolute Gasteiger partial charge is 0.314 e. The third kappa shape index (κ3) is 6.04. The molecule has 26 heavy (non-hydrogen) atoms. The van der Waals surface area contributed by atoms with Crippen LogP contribution in [-0.2, 0) is 6.42 Å². The highest BCUT2D eigenvalue weighted by molar-refractivity contribution is 6.30. The van der Waals surface area contributed by atoms with Gasteiger partial charge in [0, 0.05) is 11.6 Å². The highest BCUT2D eigenvalue weighted by Crippen LogP contribution is 2.36. The Balaban J connectivity index is 1.67. The van der Waals surface area contributed by atoms with Crippen LogP contribution >= 0.6 is 11.6 Å². The molecule has 0 atom stereocenters. The van der Waals surface area contributed by atoms with Gasteiger partial charge in [-0.25, -0.2) is 4.79 Å². The van der Waals surface area contributed by atoms with E-state index in [2.05, 4.69) is 10.6 Å². The van der Waals surface area contributed by atoms with Crippen molar-refractivity contribution in [1.29, 1.82) is 0 Å². The monoisotopic (exact) mass is 378 g/mol.